The molecule has 0 saturated carbocycles. The van der Waals surface area contributed by atoms with Crippen LogP contribution in [0, 0.1) is 0 Å². The maximum absolute atomic E-state index is 9.95. The number of aromatic nitrogens is 3. The van der Waals surface area contributed by atoms with Crippen LogP contribution in [0.3, 0.4) is 0 Å². The summed E-state index contributed by atoms with van der Waals surface area (Å²) in [7, 11) is 1.55. The van der Waals surface area contributed by atoms with Crippen LogP contribution in [0.2, 0.25) is 0 Å². The van der Waals surface area contributed by atoms with Crippen molar-refractivity contribution in [3.63, 3.8) is 0 Å². The van der Waals surface area contributed by atoms with Crippen molar-refractivity contribution in [2.75, 3.05) is 12.4 Å². The van der Waals surface area contributed by atoms with Gasteiger partial charge in [0.15, 0.2) is 11.5 Å². The van der Waals surface area contributed by atoms with Crippen molar-refractivity contribution in [3.8, 4) is 22.8 Å². The lowest BCUT2D eigenvalue weighted by molar-refractivity contribution is 0.373. The van der Waals surface area contributed by atoms with Gasteiger partial charge in [-0.25, -0.2) is 9.50 Å². The second kappa shape index (κ2) is 5.49. The maximum Gasteiger partial charge on any atom is 0.160 e. The Kier molecular flexibility index (Phi) is 3.12. The lowest BCUT2D eigenvalue weighted by Crippen LogP contribution is -2.11. The zero-order valence-corrected chi connectivity index (χ0v) is 14.0. The second-order valence-corrected chi connectivity index (χ2v) is 6.23. The number of phenolic OH excluding ortho intramolecular Hbond substituents is 1. The Morgan fingerprint density at radius 2 is 2.04 bits per heavy atom. The van der Waals surface area contributed by atoms with Gasteiger partial charge in [-0.2, -0.15) is 5.10 Å². The summed E-state index contributed by atoms with van der Waals surface area (Å²) in [6, 6.07) is 15.4. The third-order valence-corrected chi connectivity index (χ3v) is 4.82. The summed E-state index contributed by atoms with van der Waals surface area (Å²) in [6.07, 6.45) is 3.52. The van der Waals surface area contributed by atoms with Crippen molar-refractivity contribution < 1.29 is 9.84 Å². The summed E-state index contributed by atoms with van der Waals surface area (Å²) in [5.41, 5.74) is 5.97. The monoisotopic (exact) mass is 344 g/mol. The summed E-state index contributed by atoms with van der Waals surface area (Å²) in [4.78, 5) is 4.55. The summed E-state index contributed by atoms with van der Waals surface area (Å²) >= 11 is 0. The second-order valence-electron chi connectivity index (χ2n) is 6.23. The van der Waals surface area contributed by atoms with E-state index in [0.29, 0.717) is 5.75 Å². The van der Waals surface area contributed by atoms with E-state index >= 15 is 0 Å². The molecule has 0 fully saturated rings. The van der Waals surface area contributed by atoms with Crippen LogP contribution in [0.1, 0.15) is 17.2 Å². The van der Waals surface area contributed by atoms with E-state index in [-0.39, 0.29) is 11.8 Å². The fourth-order valence-corrected chi connectivity index (χ4v) is 3.59. The third kappa shape index (κ3) is 2.05. The van der Waals surface area contributed by atoms with Gasteiger partial charge >= 0.3 is 0 Å². The molecule has 6 nitrogen and oxygen atoms in total. The third-order valence-electron chi connectivity index (χ3n) is 4.82. The fourth-order valence-electron chi connectivity index (χ4n) is 3.59. The van der Waals surface area contributed by atoms with Gasteiger partial charge < -0.3 is 15.2 Å². The number of ether oxygens (including phenoxy) is 1. The van der Waals surface area contributed by atoms with Gasteiger partial charge in [-0.3, -0.25) is 0 Å². The van der Waals surface area contributed by atoms with Crippen LogP contribution in [0.15, 0.2) is 61.1 Å². The van der Waals surface area contributed by atoms with Gasteiger partial charge in [0, 0.05) is 23.0 Å². The number of anilines is 1. The number of para-hydroxylation sites is 1. The molecule has 0 saturated heterocycles. The number of nitrogens with zero attached hydrogens (tertiary/aromatic N) is 3. The highest BCUT2D eigenvalue weighted by Gasteiger charge is 2.26. The van der Waals surface area contributed by atoms with Crippen molar-refractivity contribution in [1.29, 1.82) is 0 Å². The highest BCUT2D eigenvalue weighted by molar-refractivity contribution is 5.90. The molecule has 1 aliphatic rings. The quantitative estimate of drug-likeness (QED) is 0.581. The van der Waals surface area contributed by atoms with Gasteiger partial charge in [-0.05, 0) is 29.8 Å². The van der Waals surface area contributed by atoms with Gasteiger partial charge in [0.05, 0.1) is 18.7 Å². The number of fused-ring (bicyclic) bond motifs is 2. The molecule has 5 rings (SSSR count). The molecule has 2 N–H and O–H groups in total. The van der Waals surface area contributed by atoms with E-state index in [0.717, 1.165) is 33.6 Å². The Hall–Kier alpha value is -3.54. The minimum Gasteiger partial charge on any atom is -0.504 e. The van der Waals surface area contributed by atoms with Crippen LogP contribution >= 0.6 is 0 Å². The van der Waals surface area contributed by atoms with Gasteiger partial charge in [0.1, 0.15) is 12.0 Å². The van der Waals surface area contributed by atoms with Gasteiger partial charge in [-0.1, -0.05) is 24.3 Å². The van der Waals surface area contributed by atoms with Crippen molar-refractivity contribution in [3.05, 3.63) is 72.2 Å². The normalized spacial score (nSPS) is 15.2. The maximum atomic E-state index is 9.95. The Morgan fingerprint density at radius 3 is 2.92 bits per heavy atom. The number of phenols is 1. The van der Waals surface area contributed by atoms with Crippen LogP contribution in [0.4, 0.5) is 5.69 Å². The molecule has 128 valence electrons. The first-order valence-corrected chi connectivity index (χ1v) is 8.31. The molecule has 2 aromatic heterocycles. The summed E-state index contributed by atoms with van der Waals surface area (Å²) in [6.45, 7) is 0. The number of benzene rings is 2. The van der Waals surface area contributed by atoms with E-state index in [4.69, 9.17) is 4.74 Å². The highest BCUT2D eigenvalue weighted by atomic mass is 16.5. The molecule has 1 unspecified atom stereocenters. The molecular formula is C20H16N4O2. The van der Waals surface area contributed by atoms with Crippen molar-refractivity contribution in [2.45, 2.75) is 6.04 Å². The molecule has 0 radical (unpaired) electrons. The Bertz CT molecular complexity index is 1140. The Balaban J connectivity index is 1.80. The molecular weight excluding hydrogens is 328 g/mol. The first-order valence-electron chi connectivity index (χ1n) is 8.31. The topological polar surface area (TPSA) is 71.7 Å². The zero-order valence-electron chi connectivity index (χ0n) is 14.0. The average molecular weight is 344 g/mol. The van der Waals surface area contributed by atoms with E-state index in [9.17, 15) is 5.11 Å². The van der Waals surface area contributed by atoms with Crippen molar-refractivity contribution in [1.82, 2.24) is 14.6 Å². The Morgan fingerprint density at radius 1 is 1.15 bits per heavy atom. The van der Waals surface area contributed by atoms with Gasteiger partial charge in [0.2, 0.25) is 0 Å². The smallest absolute Gasteiger partial charge is 0.160 e. The number of rotatable bonds is 2. The molecule has 0 aliphatic carbocycles. The molecule has 0 bridgehead atoms. The molecule has 2 aromatic carbocycles. The van der Waals surface area contributed by atoms with E-state index in [1.54, 1.807) is 19.5 Å². The van der Waals surface area contributed by atoms with Crippen LogP contribution in [-0.4, -0.2) is 26.8 Å². The lowest BCUT2D eigenvalue weighted by atomic mass is 9.99. The zero-order chi connectivity index (χ0) is 17.7. The minimum absolute atomic E-state index is 0.121. The highest BCUT2D eigenvalue weighted by Crippen LogP contribution is 2.42. The predicted octanol–water partition coefficient (Wildman–Crippen LogP) is 3.63. The van der Waals surface area contributed by atoms with E-state index in [1.807, 2.05) is 41.0 Å². The molecule has 1 aliphatic heterocycles. The average Bonchev–Trinajstić information content (AvgIpc) is 3.04. The fraction of sp³-hybridized carbons (Fsp3) is 0.100. The van der Waals surface area contributed by atoms with Crippen LogP contribution < -0.4 is 10.1 Å². The standard InChI is InChI=1S/C20H16N4O2/c1-26-17-10-12(6-7-16(17)25)18-14-8-9-24-20(14)19(21-11-22-24)13-4-2-3-5-15(13)23-18/h2-11,18,23,25H,1H3. The first-order chi connectivity index (χ1) is 12.8. The Labute approximate surface area is 149 Å². The number of nitrogens with one attached hydrogen (secondary N) is 1. The largest absolute Gasteiger partial charge is 0.504 e. The molecule has 6 heteroatoms. The van der Waals surface area contributed by atoms with Crippen molar-refractivity contribution in [2.24, 2.45) is 0 Å². The predicted molar refractivity (Wildman–Crippen MR) is 98.5 cm³/mol. The summed E-state index contributed by atoms with van der Waals surface area (Å²) in [5.74, 6) is 0.567. The molecule has 0 spiro atoms. The van der Waals surface area contributed by atoms with E-state index in [1.165, 1.54) is 0 Å². The number of hydrogen-bond donors (Lipinski definition) is 2. The number of hydrogen-bond acceptors (Lipinski definition) is 5. The first kappa shape index (κ1) is 14.8. The van der Waals surface area contributed by atoms with Crippen molar-refractivity contribution >= 4 is 11.2 Å². The summed E-state index contributed by atoms with van der Waals surface area (Å²) < 4.78 is 7.15. The molecule has 1 atom stereocenters. The van der Waals surface area contributed by atoms with Gasteiger partial charge in [0.25, 0.3) is 0 Å². The summed E-state index contributed by atoms with van der Waals surface area (Å²) in [5, 5.41) is 17.9. The van der Waals surface area contributed by atoms with Gasteiger partial charge in [-0.15, -0.1) is 0 Å². The van der Waals surface area contributed by atoms with Crippen LogP contribution in [0.5, 0.6) is 11.5 Å². The lowest BCUT2D eigenvalue weighted by Gasteiger charge is -2.20. The molecule has 3 heterocycles. The molecule has 0 amide bonds. The number of aromatic hydroxyl groups is 1. The van der Waals surface area contributed by atoms with Crippen LogP contribution in [0.25, 0.3) is 16.8 Å². The van der Waals surface area contributed by atoms with Crippen LogP contribution in [-0.2, 0) is 0 Å². The molecule has 4 aromatic rings. The minimum atomic E-state index is -0.122. The number of methoxy groups -OCH3 is 1. The molecule has 26 heavy (non-hydrogen) atoms. The van der Waals surface area contributed by atoms with E-state index < -0.39 is 0 Å². The SMILES string of the molecule is COc1cc(C2Nc3ccccc3-c3ncnn4ccc2c34)ccc1O. The van der Waals surface area contributed by atoms with E-state index in [2.05, 4.69) is 27.5 Å².